The first-order valence-electron chi connectivity index (χ1n) is 13.9. The highest BCUT2D eigenvalue weighted by molar-refractivity contribution is 8.00. The Morgan fingerprint density at radius 3 is 2.10 bits per heavy atom. The smallest absolute Gasteiger partial charge is 0.246 e. The van der Waals surface area contributed by atoms with Crippen LogP contribution in [0.15, 0.2) is 24.3 Å². The van der Waals surface area contributed by atoms with E-state index in [1.54, 1.807) is 32.9 Å². The van der Waals surface area contributed by atoms with E-state index in [9.17, 15) is 24.0 Å². The van der Waals surface area contributed by atoms with E-state index in [1.165, 1.54) is 24.6 Å². The van der Waals surface area contributed by atoms with Gasteiger partial charge in [0.05, 0.1) is 5.25 Å². The largest absolute Gasteiger partial charge is 0.344 e. The summed E-state index contributed by atoms with van der Waals surface area (Å²) in [5.74, 6) is -1.36. The summed E-state index contributed by atoms with van der Waals surface area (Å²) >= 11 is 1.42. The predicted octanol–water partition coefficient (Wildman–Crippen LogP) is 4.65. The van der Waals surface area contributed by atoms with Crippen molar-refractivity contribution in [2.45, 2.75) is 97.9 Å². The third-order valence-electron chi connectivity index (χ3n) is 6.28. The maximum absolute atomic E-state index is 12.8. The van der Waals surface area contributed by atoms with Crippen LogP contribution in [0.25, 0.3) is 0 Å². The lowest BCUT2D eigenvalue weighted by Gasteiger charge is -2.24. The van der Waals surface area contributed by atoms with Gasteiger partial charge < -0.3 is 16.0 Å². The first-order valence-corrected chi connectivity index (χ1v) is 15.0. The molecule has 224 valence electrons. The first-order chi connectivity index (χ1) is 18.5. The average Bonchev–Trinajstić information content (AvgIpc) is 3.18. The van der Waals surface area contributed by atoms with E-state index in [0.29, 0.717) is 5.69 Å². The molecule has 10 heteroatoms. The predicted molar refractivity (Wildman–Crippen MR) is 164 cm³/mol. The van der Waals surface area contributed by atoms with Crippen LogP contribution in [0.4, 0.5) is 5.69 Å². The fraction of sp³-hybridized carbons (Fsp3) is 0.621. The van der Waals surface area contributed by atoms with Crippen LogP contribution in [-0.4, -0.2) is 64.1 Å². The molecule has 5 amide bonds. The minimum absolute atomic E-state index is 0. The van der Waals surface area contributed by atoms with Crippen LogP contribution in [0.1, 0.15) is 84.0 Å². The molecule has 2 unspecified atom stereocenters. The molecular weight excluding hydrogens is 516 g/mol. The van der Waals surface area contributed by atoms with Crippen molar-refractivity contribution in [2.75, 3.05) is 17.6 Å². The van der Waals surface area contributed by atoms with Gasteiger partial charge in [-0.1, -0.05) is 66.5 Å². The fourth-order valence-electron chi connectivity index (χ4n) is 3.66. The molecule has 0 saturated carbocycles. The third-order valence-corrected chi connectivity index (χ3v) is 7.38. The number of likely N-dealkylation sites (tertiary alicyclic amines) is 1. The molecule has 1 aliphatic rings. The summed E-state index contributed by atoms with van der Waals surface area (Å²) in [7, 11) is 0. The minimum atomic E-state index is -0.866. The molecule has 3 atom stereocenters. The number of thioether (sulfide) groups is 1. The van der Waals surface area contributed by atoms with Crippen molar-refractivity contribution in [1.82, 2.24) is 15.5 Å². The topological polar surface area (TPSA) is 125 Å². The number of amides is 5. The van der Waals surface area contributed by atoms with Crippen molar-refractivity contribution in [2.24, 2.45) is 5.92 Å². The Labute approximate surface area is 242 Å². The third kappa shape index (κ3) is 11.4. The van der Waals surface area contributed by atoms with Gasteiger partial charge in [0.2, 0.25) is 29.5 Å². The number of benzene rings is 1. The number of carbonyl (C=O) groups is 5. The number of aryl methyl sites for hydroxylation is 1. The summed E-state index contributed by atoms with van der Waals surface area (Å²) in [6.07, 6.45) is 3.59. The van der Waals surface area contributed by atoms with E-state index < -0.39 is 23.9 Å². The molecule has 0 bridgehead atoms. The molecule has 9 nitrogen and oxygen atoms in total. The molecule has 1 saturated heterocycles. The van der Waals surface area contributed by atoms with E-state index in [4.69, 9.17) is 0 Å². The van der Waals surface area contributed by atoms with Crippen LogP contribution in [-0.2, 0) is 30.4 Å². The number of carbonyl (C=O) groups excluding carboxylic acids is 5. The van der Waals surface area contributed by atoms with Gasteiger partial charge in [-0.15, -0.1) is 11.8 Å². The standard InChI is InChI=1S/C25H36N4O5S.C4H10.3H2/c1-6-17-8-10-18(11-9-17)27-23(32)16(5)26-24(33)22(15(3)4)28-20(30)12-13-29-21(31)14-19(25(29)34)35-7-2;1-3-4-2;;;/h8-11,15-16,19,22H,6-7,12-14H2,1-5H3,(H,26,33)(H,27,32)(H,28,30);3-4H2,1-2H3;3*1H/t16-,19?,22?;;;;/m0..../s1. The highest BCUT2D eigenvalue weighted by atomic mass is 32.2. The number of nitrogens with zero attached hydrogens (tertiary/aromatic N) is 1. The summed E-state index contributed by atoms with van der Waals surface area (Å²) in [6.45, 7) is 13.4. The van der Waals surface area contributed by atoms with Crippen LogP contribution >= 0.6 is 11.8 Å². The lowest BCUT2D eigenvalue weighted by atomic mass is 10.0. The molecular formula is C29H52N4O5S. The van der Waals surface area contributed by atoms with E-state index in [1.807, 2.05) is 26.0 Å². The molecule has 0 radical (unpaired) electrons. The van der Waals surface area contributed by atoms with Gasteiger partial charge in [-0.2, -0.15) is 0 Å². The molecule has 0 aromatic heterocycles. The Bertz CT molecular complexity index is 981. The number of hydrogen-bond donors (Lipinski definition) is 3. The number of unbranched alkanes of at least 4 members (excludes halogenated alkanes) is 1. The van der Waals surface area contributed by atoms with Crippen molar-refractivity contribution >= 4 is 47.0 Å². The average molecular weight is 569 g/mol. The van der Waals surface area contributed by atoms with Crippen molar-refractivity contribution in [3.05, 3.63) is 29.8 Å². The highest BCUT2D eigenvalue weighted by Gasteiger charge is 2.38. The second kappa shape index (κ2) is 17.7. The van der Waals surface area contributed by atoms with Crippen LogP contribution in [0, 0.1) is 5.92 Å². The molecule has 1 fully saturated rings. The van der Waals surface area contributed by atoms with Crippen molar-refractivity contribution in [3.63, 3.8) is 0 Å². The summed E-state index contributed by atoms with van der Waals surface area (Å²) in [6, 6.07) is 5.78. The summed E-state index contributed by atoms with van der Waals surface area (Å²) < 4.78 is 0. The second-order valence-corrected chi connectivity index (χ2v) is 11.3. The van der Waals surface area contributed by atoms with Gasteiger partial charge in [0.15, 0.2) is 0 Å². The van der Waals surface area contributed by atoms with Crippen LogP contribution in [0.3, 0.4) is 0 Å². The van der Waals surface area contributed by atoms with Crippen LogP contribution in [0.2, 0.25) is 0 Å². The highest BCUT2D eigenvalue weighted by Crippen LogP contribution is 2.25. The van der Waals surface area contributed by atoms with Gasteiger partial charge >= 0.3 is 0 Å². The Kier molecular flexibility index (Phi) is 15.5. The Morgan fingerprint density at radius 2 is 1.59 bits per heavy atom. The summed E-state index contributed by atoms with van der Waals surface area (Å²) in [5.41, 5.74) is 1.78. The maximum Gasteiger partial charge on any atom is 0.246 e. The van der Waals surface area contributed by atoms with Crippen LogP contribution < -0.4 is 16.0 Å². The van der Waals surface area contributed by atoms with E-state index in [-0.39, 0.29) is 52.6 Å². The number of rotatable bonds is 13. The molecule has 1 aliphatic heterocycles. The number of nitrogens with one attached hydrogen (secondary N) is 3. The van der Waals surface area contributed by atoms with Gasteiger partial charge in [0.1, 0.15) is 12.1 Å². The molecule has 0 aliphatic carbocycles. The van der Waals surface area contributed by atoms with Gasteiger partial charge in [-0.25, -0.2) is 0 Å². The Balaban J connectivity index is -0.00000204. The molecule has 1 aromatic rings. The maximum atomic E-state index is 12.8. The molecule has 1 aromatic carbocycles. The van der Waals surface area contributed by atoms with Crippen molar-refractivity contribution in [3.8, 4) is 0 Å². The Hall–Kier alpha value is -2.88. The van der Waals surface area contributed by atoms with Gasteiger partial charge in [-0.3, -0.25) is 28.9 Å². The van der Waals surface area contributed by atoms with Gasteiger partial charge in [0.25, 0.3) is 0 Å². The monoisotopic (exact) mass is 568 g/mol. The SMILES string of the molecule is CCCC.CCSC1CC(=O)N(CCC(=O)NC(C(=O)N[C@@H](C)C(=O)Nc2ccc(CC)cc2)C(C)C)C1=O.[HH].[HH].[HH]. The number of hydrogen-bond acceptors (Lipinski definition) is 6. The lowest BCUT2D eigenvalue weighted by molar-refractivity contribution is -0.139. The summed E-state index contributed by atoms with van der Waals surface area (Å²) in [4.78, 5) is 63.5. The Morgan fingerprint density at radius 1 is 0.974 bits per heavy atom. The number of anilines is 1. The lowest BCUT2D eigenvalue weighted by Crippen LogP contribution is -2.54. The van der Waals surface area contributed by atoms with E-state index in [2.05, 4.69) is 29.8 Å². The number of imide groups is 1. The second-order valence-electron chi connectivity index (χ2n) is 9.84. The van der Waals surface area contributed by atoms with Crippen molar-refractivity contribution < 1.29 is 28.3 Å². The molecule has 2 rings (SSSR count). The van der Waals surface area contributed by atoms with Gasteiger partial charge in [-0.05, 0) is 42.7 Å². The minimum Gasteiger partial charge on any atom is -0.344 e. The van der Waals surface area contributed by atoms with E-state index in [0.717, 1.165) is 22.6 Å². The first kappa shape index (κ1) is 34.1. The zero-order valence-corrected chi connectivity index (χ0v) is 25.3. The van der Waals surface area contributed by atoms with Crippen LogP contribution in [0.5, 0.6) is 0 Å². The zero-order chi connectivity index (χ0) is 29.5. The molecule has 0 spiro atoms. The fourth-order valence-corrected chi connectivity index (χ4v) is 4.59. The molecule has 3 N–H and O–H groups in total. The van der Waals surface area contributed by atoms with Crippen molar-refractivity contribution in [1.29, 1.82) is 0 Å². The van der Waals surface area contributed by atoms with Gasteiger partial charge in [0, 0.05) is 29.4 Å². The quantitative estimate of drug-likeness (QED) is 0.298. The zero-order valence-electron chi connectivity index (χ0n) is 24.5. The molecule has 39 heavy (non-hydrogen) atoms. The molecule has 1 heterocycles. The normalized spacial score (nSPS) is 16.3. The van der Waals surface area contributed by atoms with E-state index >= 15 is 0 Å². The summed E-state index contributed by atoms with van der Waals surface area (Å²) in [5, 5.41) is 7.71.